The molecule has 1 N–H and O–H groups in total. The fourth-order valence-corrected chi connectivity index (χ4v) is 5.11. The quantitative estimate of drug-likeness (QED) is 0.231. The maximum Gasteiger partial charge on any atom is 0.328 e. The number of imidazole rings is 1. The summed E-state index contributed by atoms with van der Waals surface area (Å²) in [5.41, 5.74) is 8.27. The molecule has 0 amide bonds. The predicted octanol–water partition coefficient (Wildman–Crippen LogP) is 7.02. The van der Waals surface area contributed by atoms with Crippen molar-refractivity contribution in [1.82, 2.24) is 9.38 Å². The van der Waals surface area contributed by atoms with Crippen LogP contribution in [0.25, 0.3) is 22.9 Å². The van der Waals surface area contributed by atoms with E-state index >= 15 is 0 Å². The first-order valence-electron chi connectivity index (χ1n) is 11.8. The molecule has 2 heterocycles. The number of aryl methyl sites for hydroxylation is 1. The number of hydrogen-bond acceptors (Lipinski definition) is 3. The Bertz CT molecular complexity index is 1570. The highest BCUT2D eigenvalue weighted by molar-refractivity contribution is 6.30. The Morgan fingerprint density at radius 2 is 1.89 bits per heavy atom. The fraction of sp³-hybridized carbons (Fsp3) is 0.167. The standard InChI is InChI=1S/C30H24ClN3O2/c1-19-17-23(31)10-11-24(19)29(21-3-2-4-21)30(22-8-5-20(6-9-22)7-14-28(35)36)25-12-13-27-33-15-16-34(27)26(25)18-32/h5-17,21H,2-4H2,1H3,(H,35,36)/b14-7+,30-29+. The van der Waals surface area contributed by atoms with Crippen molar-refractivity contribution < 1.29 is 9.90 Å². The summed E-state index contributed by atoms with van der Waals surface area (Å²) in [7, 11) is 0. The molecule has 4 aromatic rings. The molecule has 5 rings (SSSR count). The number of aromatic nitrogens is 2. The number of nitrogens with zero attached hydrogens (tertiary/aromatic N) is 3. The maximum atomic E-state index is 11.0. The van der Waals surface area contributed by atoms with Crippen molar-refractivity contribution in [2.24, 2.45) is 5.92 Å². The lowest BCUT2D eigenvalue weighted by Crippen LogP contribution is -2.16. The largest absolute Gasteiger partial charge is 0.478 e. The summed E-state index contributed by atoms with van der Waals surface area (Å²) in [6.45, 7) is 2.07. The van der Waals surface area contributed by atoms with Crippen molar-refractivity contribution in [3.63, 3.8) is 0 Å². The molecule has 36 heavy (non-hydrogen) atoms. The third-order valence-electron chi connectivity index (χ3n) is 6.82. The van der Waals surface area contributed by atoms with Crippen LogP contribution in [0.15, 0.2) is 73.1 Å². The molecular weight excluding hydrogens is 470 g/mol. The van der Waals surface area contributed by atoms with Gasteiger partial charge in [-0.15, -0.1) is 0 Å². The van der Waals surface area contributed by atoms with E-state index in [-0.39, 0.29) is 0 Å². The Morgan fingerprint density at radius 1 is 1.14 bits per heavy atom. The monoisotopic (exact) mass is 493 g/mol. The second-order valence-electron chi connectivity index (χ2n) is 9.03. The van der Waals surface area contributed by atoms with Gasteiger partial charge in [0.25, 0.3) is 0 Å². The Kier molecular flexibility index (Phi) is 6.45. The van der Waals surface area contributed by atoms with E-state index in [1.54, 1.807) is 12.3 Å². The lowest BCUT2D eigenvalue weighted by Gasteiger charge is -2.32. The molecule has 178 valence electrons. The molecule has 0 bridgehead atoms. The zero-order valence-electron chi connectivity index (χ0n) is 19.8. The normalized spacial score (nSPS) is 14.5. The van der Waals surface area contributed by atoms with E-state index in [1.165, 1.54) is 12.0 Å². The van der Waals surface area contributed by atoms with Crippen LogP contribution in [0.5, 0.6) is 0 Å². The smallest absolute Gasteiger partial charge is 0.328 e. The van der Waals surface area contributed by atoms with Gasteiger partial charge in [0.15, 0.2) is 0 Å². The first-order valence-corrected chi connectivity index (χ1v) is 12.2. The fourth-order valence-electron chi connectivity index (χ4n) is 4.88. The van der Waals surface area contributed by atoms with Gasteiger partial charge in [0.1, 0.15) is 17.4 Å². The second-order valence-corrected chi connectivity index (χ2v) is 9.47. The SMILES string of the molecule is Cc1cc(Cl)ccc1/C(=C(\c1ccc(/C=C/C(=O)O)cc1)c1ccc2nccn2c1C#N)C1CCC1. The van der Waals surface area contributed by atoms with Crippen LogP contribution in [0, 0.1) is 24.2 Å². The molecular formula is C30H24ClN3O2. The Balaban J connectivity index is 1.82. The zero-order chi connectivity index (χ0) is 25.2. The van der Waals surface area contributed by atoms with Gasteiger partial charge in [0.05, 0.1) is 0 Å². The number of hydrogen-bond donors (Lipinski definition) is 1. The highest BCUT2D eigenvalue weighted by Gasteiger charge is 2.29. The Hall–Kier alpha value is -4.14. The number of allylic oxidation sites excluding steroid dienone is 1. The summed E-state index contributed by atoms with van der Waals surface area (Å²) < 4.78 is 1.83. The lowest BCUT2D eigenvalue weighted by atomic mass is 9.72. The number of halogens is 1. The number of carboxylic acids is 1. The number of fused-ring (bicyclic) bond motifs is 1. The number of aliphatic carboxylic acids is 1. The van der Waals surface area contributed by atoms with Crippen LogP contribution >= 0.6 is 11.6 Å². The molecule has 5 nitrogen and oxygen atoms in total. The van der Waals surface area contributed by atoms with Gasteiger partial charge in [-0.3, -0.25) is 4.40 Å². The van der Waals surface area contributed by atoms with E-state index in [0.717, 1.165) is 58.0 Å². The summed E-state index contributed by atoms with van der Waals surface area (Å²) in [5, 5.41) is 19.9. The average Bonchev–Trinajstić information content (AvgIpc) is 3.31. The van der Waals surface area contributed by atoms with Crippen molar-refractivity contribution in [3.05, 3.63) is 112 Å². The van der Waals surface area contributed by atoms with E-state index in [4.69, 9.17) is 16.7 Å². The molecule has 6 heteroatoms. The zero-order valence-corrected chi connectivity index (χ0v) is 20.5. The Labute approximate surface area is 214 Å². The third kappa shape index (κ3) is 4.44. The molecule has 1 aliphatic rings. The molecule has 0 aliphatic heterocycles. The molecule has 2 aromatic heterocycles. The summed E-state index contributed by atoms with van der Waals surface area (Å²) in [5.74, 6) is -0.631. The highest BCUT2D eigenvalue weighted by Crippen LogP contribution is 2.46. The summed E-state index contributed by atoms with van der Waals surface area (Å²) in [6, 6.07) is 20.1. The van der Waals surface area contributed by atoms with E-state index in [2.05, 4.69) is 24.0 Å². The van der Waals surface area contributed by atoms with Crippen LogP contribution in [-0.4, -0.2) is 20.5 Å². The molecule has 2 aromatic carbocycles. The van der Waals surface area contributed by atoms with Crippen LogP contribution in [0.3, 0.4) is 0 Å². The number of rotatable bonds is 6. The number of pyridine rings is 1. The van der Waals surface area contributed by atoms with Crippen molar-refractivity contribution >= 4 is 40.4 Å². The van der Waals surface area contributed by atoms with E-state index in [0.29, 0.717) is 16.6 Å². The van der Waals surface area contributed by atoms with Crippen molar-refractivity contribution in [2.75, 3.05) is 0 Å². The summed E-state index contributed by atoms with van der Waals surface area (Å²) in [6.07, 6.45) is 9.53. The van der Waals surface area contributed by atoms with Gasteiger partial charge in [0.2, 0.25) is 0 Å². The molecule has 0 saturated heterocycles. The minimum absolute atomic E-state index is 0.358. The highest BCUT2D eigenvalue weighted by atomic mass is 35.5. The lowest BCUT2D eigenvalue weighted by molar-refractivity contribution is -0.131. The molecule has 1 aliphatic carbocycles. The second kappa shape index (κ2) is 9.85. The van der Waals surface area contributed by atoms with E-state index in [1.807, 2.05) is 59.1 Å². The van der Waals surface area contributed by atoms with Gasteiger partial charge in [-0.2, -0.15) is 5.26 Å². The number of nitriles is 1. The molecule has 0 radical (unpaired) electrons. The maximum absolute atomic E-state index is 11.0. The van der Waals surface area contributed by atoms with Gasteiger partial charge in [-0.05, 0) is 89.4 Å². The van der Waals surface area contributed by atoms with Gasteiger partial charge >= 0.3 is 5.97 Å². The molecule has 1 fully saturated rings. The van der Waals surface area contributed by atoms with Crippen LogP contribution < -0.4 is 0 Å². The number of carboxylic acid groups (broad SMARTS) is 1. The van der Waals surface area contributed by atoms with E-state index < -0.39 is 5.97 Å². The third-order valence-corrected chi connectivity index (χ3v) is 7.05. The Morgan fingerprint density at radius 3 is 2.53 bits per heavy atom. The van der Waals surface area contributed by atoms with Gasteiger partial charge in [-0.25, -0.2) is 9.78 Å². The van der Waals surface area contributed by atoms with Crippen molar-refractivity contribution in [2.45, 2.75) is 26.2 Å². The van der Waals surface area contributed by atoms with Crippen LogP contribution in [0.2, 0.25) is 5.02 Å². The van der Waals surface area contributed by atoms with Gasteiger partial charge < -0.3 is 5.11 Å². The van der Waals surface area contributed by atoms with Crippen LogP contribution in [0.4, 0.5) is 0 Å². The molecule has 1 saturated carbocycles. The van der Waals surface area contributed by atoms with Gasteiger partial charge in [0, 0.05) is 29.1 Å². The molecule has 0 spiro atoms. The summed E-state index contributed by atoms with van der Waals surface area (Å²) >= 11 is 6.31. The number of carbonyl (C=O) groups is 1. The van der Waals surface area contributed by atoms with Gasteiger partial charge in [-0.1, -0.05) is 48.4 Å². The molecule has 0 atom stereocenters. The summed E-state index contributed by atoms with van der Waals surface area (Å²) in [4.78, 5) is 15.3. The number of benzene rings is 2. The minimum Gasteiger partial charge on any atom is -0.478 e. The van der Waals surface area contributed by atoms with E-state index in [9.17, 15) is 10.1 Å². The van der Waals surface area contributed by atoms with Crippen LogP contribution in [0.1, 0.15) is 52.8 Å². The topological polar surface area (TPSA) is 78.4 Å². The first kappa shape index (κ1) is 23.6. The van der Waals surface area contributed by atoms with Crippen LogP contribution in [-0.2, 0) is 4.79 Å². The minimum atomic E-state index is -0.988. The predicted molar refractivity (Wildman–Crippen MR) is 142 cm³/mol. The average molecular weight is 494 g/mol. The van der Waals surface area contributed by atoms with Crippen molar-refractivity contribution in [1.29, 1.82) is 5.26 Å². The van der Waals surface area contributed by atoms with Crippen molar-refractivity contribution in [3.8, 4) is 6.07 Å². The first-order chi connectivity index (χ1) is 17.5. The molecule has 0 unspecified atom stereocenters.